The summed E-state index contributed by atoms with van der Waals surface area (Å²) >= 11 is 5.57. The summed E-state index contributed by atoms with van der Waals surface area (Å²) in [6, 6.07) is 6.50. The van der Waals surface area contributed by atoms with Gasteiger partial charge in [-0.2, -0.15) is 0 Å². The van der Waals surface area contributed by atoms with Gasteiger partial charge < -0.3 is 10.2 Å². The van der Waals surface area contributed by atoms with E-state index in [1.54, 1.807) is 6.07 Å². The molecule has 1 aromatic carbocycles. The molecule has 0 fully saturated rings. The molecule has 0 atom stereocenters. The number of nitro benzene ring substituents is 1. The van der Waals surface area contributed by atoms with Crippen LogP contribution in [0.1, 0.15) is 65.2 Å². The van der Waals surface area contributed by atoms with E-state index < -0.39 is 0 Å². The number of hydrogen-bond acceptors (Lipinski definition) is 3. The summed E-state index contributed by atoms with van der Waals surface area (Å²) in [6.45, 7) is 6.29. The fourth-order valence-electron chi connectivity index (χ4n) is 2.67. The van der Waals surface area contributed by atoms with Crippen LogP contribution >= 0.6 is 12.2 Å². The first-order chi connectivity index (χ1) is 12.1. The maximum absolute atomic E-state index is 10.9. The standard InChI is InChI=1S/C19H31N3O2S/c1-3-5-7-9-14-21(15-10-8-6-4-2)19(25)20-17-12-11-13-18(16-17)22(23)24/h11-13,16H,3-10,14-15H2,1-2H3,(H,20,25). The molecule has 0 heterocycles. The largest absolute Gasteiger partial charge is 0.349 e. The van der Waals surface area contributed by atoms with Crippen molar-refractivity contribution in [3.05, 3.63) is 34.4 Å². The topological polar surface area (TPSA) is 58.4 Å². The van der Waals surface area contributed by atoms with Crippen molar-refractivity contribution in [1.29, 1.82) is 0 Å². The van der Waals surface area contributed by atoms with Crippen molar-refractivity contribution in [2.45, 2.75) is 65.2 Å². The van der Waals surface area contributed by atoms with E-state index in [9.17, 15) is 10.1 Å². The summed E-state index contributed by atoms with van der Waals surface area (Å²) in [5.74, 6) is 0. The van der Waals surface area contributed by atoms with Gasteiger partial charge in [0.2, 0.25) is 0 Å². The molecule has 1 N–H and O–H groups in total. The normalized spacial score (nSPS) is 10.5. The quantitative estimate of drug-likeness (QED) is 0.221. The molecule has 0 amide bonds. The number of unbranched alkanes of at least 4 members (excludes halogenated alkanes) is 6. The van der Waals surface area contributed by atoms with E-state index in [2.05, 4.69) is 24.1 Å². The van der Waals surface area contributed by atoms with Crippen molar-refractivity contribution in [3.8, 4) is 0 Å². The molecule has 0 aliphatic carbocycles. The number of benzene rings is 1. The molecule has 0 saturated heterocycles. The average Bonchev–Trinajstić information content (AvgIpc) is 2.60. The smallest absolute Gasteiger partial charge is 0.271 e. The third-order valence-corrected chi connectivity index (χ3v) is 4.52. The van der Waals surface area contributed by atoms with Crippen molar-refractivity contribution in [2.24, 2.45) is 0 Å². The third-order valence-electron chi connectivity index (χ3n) is 4.16. The Labute approximate surface area is 156 Å². The molecular weight excluding hydrogens is 334 g/mol. The molecule has 0 spiro atoms. The van der Waals surface area contributed by atoms with Crippen molar-refractivity contribution in [2.75, 3.05) is 18.4 Å². The zero-order chi connectivity index (χ0) is 18.5. The minimum absolute atomic E-state index is 0.0743. The number of hydrogen-bond donors (Lipinski definition) is 1. The van der Waals surface area contributed by atoms with Crippen LogP contribution < -0.4 is 5.32 Å². The van der Waals surface area contributed by atoms with Crippen molar-refractivity contribution < 1.29 is 4.92 Å². The van der Waals surface area contributed by atoms with Gasteiger partial charge in [-0.3, -0.25) is 10.1 Å². The van der Waals surface area contributed by atoms with Gasteiger partial charge in [-0.1, -0.05) is 58.4 Å². The Morgan fingerprint density at radius 1 is 1.08 bits per heavy atom. The van der Waals surface area contributed by atoms with Crippen molar-refractivity contribution >= 4 is 28.7 Å². The summed E-state index contributed by atoms with van der Waals surface area (Å²) in [5.41, 5.74) is 0.747. The lowest BCUT2D eigenvalue weighted by molar-refractivity contribution is -0.384. The molecule has 0 aliphatic rings. The highest BCUT2D eigenvalue weighted by atomic mass is 32.1. The number of nitrogens with zero attached hydrogens (tertiary/aromatic N) is 2. The number of thiocarbonyl (C=S) groups is 1. The average molecular weight is 366 g/mol. The van der Waals surface area contributed by atoms with E-state index in [4.69, 9.17) is 12.2 Å². The van der Waals surface area contributed by atoms with Gasteiger partial charge in [0.05, 0.1) is 4.92 Å². The molecule has 1 rings (SSSR count). The Morgan fingerprint density at radius 3 is 2.20 bits per heavy atom. The number of nitro groups is 1. The summed E-state index contributed by atoms with van der Waals surface area (Å²) in [5, 5.41) is 14.7. The first-order valence-corrected chi connectivity index (χ1v) is 9.79. The third kappa shape index (κ3) is 8.82. The molecule has 140 valence electrons. The highest BCUT2D eigenvalue weighted by Crippen LogP contribution is 2.18. The first-order valence-electron chi connectivity index (χ1n) is 9.38. The van der Waals surface area contributed by atoms with Gasteiger partial charge in [0.1, 0.15) is 0 Å². The monoisotopic (exact) mass is 365 g/mol. The maximum atomic E-state index is 10.9. The van der Waals surface area contributed by atoms with E-state index in [1.807, 2.05) is 6.07 Å². The Bertz CT molecular complexity index is 525. The summed E-state index contributed by atoms with van der Waals surface area (Å²) in [4.78, 5) is 12.7. The Balaban J connectivity index is 2.62. The van der Waals surface area contributed by atoms with Crippen molar-refractivity contribution in [1.82, 2.24) is 4.90 Å². The Hall–Kier alpha value is -1.69. The molecule has 0 aromatic heterocycles. The van der Waals surface area contributed by atoms with Gasteiger partial charge in [0, 0.05) is 30.9 Å². The van der Waals surface area contributed by atoms with Gasteiger partial charge in [0.15, 0.2) is 5.11 Å². The SMILES string of the molecule is CCCCCCN(CCCCCC)C(=S)Nc1cccc([N+](=O)[O-])c1. The highest BCUT2D eigenvalue weighted by Gasteiger charge is 2.11. The maximum Gasteiger partial charge on any atom is 0.271 e. The van der Waals surface area contributed by atoms with Crippen molar-refractivity contribution in [3.63, 3.8) is 0 Å². The molecule has 6 heteroatoms. The number of rotatable bonds is 12. The Morgan fingerprint density at radius 2 is 1.68 bits per heavy atom. The predicted molar refractivity (Wildman–Crippen MR) is 109 cm³/mol. The summed E-state index contributed by atoms with van der Waals surface area (Å²) in [7, 11) is 0. The molecule has 0 bridgehead atoms. The fraction of sp³-hybridized carbons (Fsp3) is 0.632. The van der Waals surface area contributed by atoms with E-state index >= 15 is 0 Å². The molecule has 25 heavy (non-hydrogen) atoms. The molecule has 0 aliphatic heterocycles. The minimum atomic E-state index is -0.387. The summed E-state index contributed by atoms with van der Waals surface area (Å²) < 4.78 is 0. The molecule has 0 unspecified atom stereocenters. The molecule has 5 nitrogen and oxygen atoms in total. The summed E-state index contributed by atoms with van der Waals surface area (Å²) in [6.07, 6.45) is 9.59. The van der Waals surface area contributed by atoms with Gasteiger partial charge in [-0.15, -0.1) is 0 Å². The zero-order valence-corrected chi connectivity index (χ0v) is 16.3. The lowest BCUT2D eigenvalue weighted by Gasteiger charge is -2.26. The number of non-ortho nitro benzene ring substituents is 1. The van der Waals surface area contributed by atoms with Crippen LogP contribution in [0.5, 0.6) is 0 Å². The van der Waals surface area contributed by atoms with Crippen LogP contribution in [0.25, 0.3) is 0 Å². The van der Waals surface area contributed by atoms with Crippen LogP contribution in [0.2, 0.25) is 0 Å². The van der Waals surface area contributed by atoms with Crippen LogP contribution in [0.3, 0.4) is 0 Å². The van der Waals surface area contributed by atoms with Crippen LogP contribution in [-0.2, 0) is 0 Å². The minimum Gasteiger partial charge on any atom is -0.349 e. The van der Waals surface area contributed by atoms with Gasteiger partial charge in [-0.05, 0) is 31.1 Å². The lowest BCUT2D eigenvalue weighted by Crippen LogP contribution is -2.36. The van der Waals surface area contributed by atoms with Gasteiger partial charge in [-0.25, -0.2) is 0 Å². The number of anilines is 1. The second-order valence-corrected chi connectivity index (χ2v) is 6.73. The second kappa shape index (κ2) is 12.6. The first kappa shape index (κ1) is 21.4. The second-order valence-electron chi connectivity index (χ2n) is 6.35. The fourth-order valence-corrected chi connectivity index (χ4v) is 2.97. The van der Waals surface area contributed by atoms with E-state index in [-0.39, 0.29) is 10.6 Å². The van der Waals surface area contributed by atoms with E-state index in [1.165, 1.54) is 50.7 Å². The number of nitrogens with one attached hydrogen (secondary N) is 1. The van der Waals surface area contributed by atoms with E-state index in [0.717, 1.165) is 25.9 Å². The predicted octanol–water partition coefficient (Wildman–Crippen LogP) is 5.75. The molecule has 1 aromatic rings. The van der Waals surface area contributed by atoms with Crippen LogP contribution in [0.15, 0.2) is 24.3 Å². The zero-order valence-electron chi connectivity index (χ0n) is 15.5. The molecule has 0 saturated carbocycles. The highest BCUT2D eigenvalue weighted by molar-refractivity contribution is 7.80. The van der Waals surface area contributed by atoms with Gasteiger partial charge >= 0.3 is 0 Å². The van der Waals surface area contributed by atoms with Crippen LogP contribution in [0.4, 0.5) is 11.4 Å². The lowest BCUT2D eigenvalue weighted by atomic mass is 10.2. The molecular formula is C19H31N3O2S. The molecule has 0 radical (unpaired) electrons. The van der Waals surface area contributed by atoms with Crippen LogP contribution in [0, 0.1) is 10.1 Å². The van der Waals surface area contributed by atoms with Gasteiger partial charge in [0.25, 0.3) is 5.69 Å². The Kier molecular flexibility index (Phi) is 10.8. The van der Waals surface area contributed by atoms with Crippen LogP contribution in [-0.4, -0.2) is 28.0 Å². The van der Waals surface area contributed by atoms with E-state index in [0.29, 0.717) is 10.8 Å².